The van der Waals surface area contributed by atoms with E-state index in [1.54, 1.807) is 0 Å². The fourth-order valence-electron chi connectivity index (χ4n) is 4.79. The minimum Gasteiger partial charge on any atom is -0.365 e. The van der Waals surface area contributed by atoms with Gasteiger partial charge in [0.2, 0.25) is 0 Å². The molecule has 0 spiro atoms. The number of hydrogen-bond acceptors (Lipinski definition) is 3. The van der Waals surface area contributed by atoms with Crippen molar-refractivity contribution in [3.05, 3.63) is 57.6 Å². The largest absolute Gasteiger partial charge is 0.365 e. The summed E-state index contributed by atoms with van der Waals surface area (Å²) in [5.41, 5.74) is 4.15. The van der Waals surface area contributed by atoms with Crippen molar-refractivity contribution in [2.24, 2.45) is 0 Å². The van der Waals surface area contributed by atoms with Gasteiger partial charge in [0.15, 0.2) is 0 Å². The van der Waals surface area contributed by atoms with Crippen LogP contribution < -0.4 is 10.9 Å². The summed E-state index contributed by atoms with van der Waals surface area (Å²) in [4.78, 5) is 21.6. The first-order valence-electron chi connectivity index (χ1n) is 10.2. The zero-order valence-corrected chi connectivity index (χ0v) is 15.8. The number of anilines is 1. The molecule has 1 aliphatic heterocycles. The third kappa shape index (κ3) is 2.76. The number of fused-ring (bicyclic) bond motifs is 3. The first-order valence-corrected chi connectivity index (χ1v) is 10.2. The van der Waals surface area contributed by atoms with E-state index in [9.17, 15) is 4.79 Å². The van der Waals surface area contributed by atoms with Gasteiger partial charge in [0.1, 0.15) is 22.7 Å². The quantitative estimate of drug-likeness (QED) is 0.738. The van der Waals surface area contributed by atoms with E-state index in [1.807, 2.05) is 10.6 Å². The number of aromatic nitrogens is 3. The lowest BCUT2D eigenvalue weighted by molar-refractivity contribution is 0.630. The molecule has 5 heteroatoms. The van der Waals surface area contributed by atoms with Crippen LogP contribution in [0.5, 0.6) is 0 Å². The smallest absolute Gasteiger partial charge is 0.257 e. The molecule has 5 rings (SSSR count). The van der Waals surface area contributed by atoms with E-state index < -0.39 is 0 Å². The fourth-order valence-corrected chi connectivity index (χ4v) is 4.79. The third-order valence-corrected chi connectivity index (χ3v) is 6.18. The highest BCUT2D eigenvalue weighted by molar-refractivity contribution is 5.89. The van der Waals surface area contributed by atoms with E-state index in [0.717, 1.165) is 34.7 Å². The van der Waals surface area contributed by atoms with Crippen molar-refractivity contribution in [2.45, 2.75) is 64.0 Å². The zero-order chi connectivity index (χ0) is 18.4. The molecular formula is C22H26N4O. The molecule has 27 heavy (non-hydrogen) atoms. The van der Waals surface area contributed by atoms with E-state index in [1.165, 1.54) is 31.2 Å². The van der Waals surface area contributed by atoms with Gasteiger partial charge in [0.05, 0.1) is 0 Å². The van der Waals surface area contributed by atoms with E-state index in [0.29, 0.717) is 18.9 Å². The monoisotopic (exact) mass is 362 g/mol. The molecule has 140 valence electrons. The maximum Gasteiger partial charge on any atom is 0.257 e. The third-order valence-electron chi connectivity index (χ3n) is 6.18. The molecule has 2 aromatic heterocycles. The summed E-state index contributed by atoms with van der Waals surface area (Å²) in [5.74, 6) is 2.50. The number of H-pyrrole nitrogens is 1. The van der Waals surface area contributed by atoms with Crippen LogP contribution in [0.1, 0.15) is 55.5 Å². The van der Waals surface area contributed by atoms with Crippen molar-refractivity contribution in [1.29, 1.82) is 0 Å². The molecule has 1 aliphatic carbocycles. The Balaban J connectivity index is 1.56. The van der Waals surface area contributed by atoms with Crippen molar-refractivity contribution in [1.82, 2.24) is 14.5 Å². The molecular weight excluding hydrogens is 336 g/mol. The number of hydrogen-bond donors (Lipinski definition) is 2. The summed E-state index contributed by atoms with van der Waals surface area (Å²) >= 11 is 0. The van der Waals surface area contributed by atoms with Crippen LogP contribution in [0.3, 0.4) is 0 Å². The maximum atomic E-state index is 13.1. The Labute approximate surface area is 158 Å². The Morgan fingerprint density at radius 3 is 2.70 bits per heavy atom. The summed E-state index contributed by atoms with van der Waals surface area (Å²) in [5, 5.41) is 3.61. The topological polar surface area (TPSA) is 62.7 Å². The Bertz CT molecular complexity index is 1030. The summed E-state index contributed by atoms with van der Waals surface area (Å²) in [6.07, 6.45) is 6.58. The molecule has 5 nitrogen and oxygen atoms in total. The lowest BCUT2D eigenvalue weighted by Gasteiger charge is -2.09. The number of imidazole rings is 1. The van der Waals surface area contributed by atoms with Crippen LogP contribution in [0, 0.1) is 0 Å². The lowest BCUT2D eigenvalue weighted by Crippen LogP contribution is -2.24. The first kappa shape index (κ1) is 16.6. The summed E-state index contributed by atoms with van der Waals surface area (Å²) in [6, 6.07) is 10.7. The number of nitrogens with zero attached hydrogens (tertiary/aromatic N) is 2. The minimum atomic E-state index is 0.118. The van der Waals surface area contributed by atoms with Gasteiger partial charge in [-0.15, -0.1) is 0 Å². The van der Waals surface area contributed by atoms with Gasteiger partial charge >= 0.3 is 0 Å². The van der Waals surface area contributed by atoms with Gasteiger partial charge in [0.25, 0.3) is 5.56 Å². The average molecular weight is 362 g/mol. The Hall–Kier alpha value is -2.56. The van der Waals surface area contributed by atoms with Crippen LogP contribution in [-0.2, 0) is 19.4 Å². The second-order valence-electron chi connectivity index (χ2n) is 7.95. The zero-order valence-electron chi connectivity index (χ0n) is 15.8. The van der Waals surface area contributed by atoms with Gasteiger partial charge in [-0.25, -0.2) is 4.98 Å². The molecule has 0 amide bonds. The Morgan fingerprint density at radius 1 is 1.19 bits per heavy atom. The number of aromatic amines is 1. The van der Waals surface area contributed by atoms with Gasteiger partial charge in [-0.1, -0.05) is 50.1 Å². The molecule has 2 aliphatic rings. The second kappa shape index (κ2) is 6.55. The van der Waals surface area contributed by atoms with Crippen LogP contribution in [0.4, 0.5) is 5.82 Å². The van der Waals surface area contributed by atoms with Gasteiger partial charge in [0, 0.05) is 24.1 Å². The summed E-state index contributed by atoms with van der Waals surface area (Å²) in [7, 11) is 0. The maximum absolute atomic E-state index is 13.1. The van der Waals surface area contributed by atoms with E-state index in [2.05, 4.69) is 41.5 Å². The van der Waals surface area contributed by atoms with Crippen molar-refractivity contribution in [3.8, 4) is 0 Å². The second-order valence-corrected chi connectivity index (χ2v) is 7.95. The lowest BCUT2D eigenvalue weighted by atomic mass is 10.1. The molecule has 0 radical (unpaired) electrons. The normalized spacial score (nSPS) is 19.5. The molecule has 1 atom stereocenters. The molecule has 3 aromatic rings. The molecule has 1 fully saturated rings. The first-order chi connectivity index (χ1) is 13.2. The summed E-state index contributed by atoms with van der Waals surface area (Å²) < 4.78 is 1.92. The van der Waals surface area contributed by atoms with Crippen LogP contribution in [0.15, 0.2) is 35.1 Å². The van der Waals surface area contributed by atoms with Crippen molar-refractivity contribution in [3.63, 3.8) is 0 Å². The number of aryl methyl sites for hydroxylation is 1. The highest BCUT2D eigenvalue weighted by Gasteiger charge is 2.29. The molecule has 1 saturated carbocycles. The number of nitrogens with one attached hydrogen (secondary N) is 2. The predicted molar refractivity (Wildman–Crippen MR) is 108 cm³/mol. The summed E-state index contributed by atoms with van der Waals surface area (Å²) in [6.45, 7) is 2.76. The fraction of sp³-hybridized carbons (Fsp3) is 0.455. The van der Waals surface area contributed by atoms with Crippen LogP contribution >= 0.6 is 0 Å². The molecule has 0 bridgehead atoms. The van der Waals surface area contributed by atoms with Crippen LogP contribution in [-0.4, -0.2) is 20.6 Å². The van der Waals surface area contributed by atoms with Gasteiger partial charge in [-0.3, -0.25) is 9.36 Å². The van der Waals surface area contributed by atoms with Crippen LogP contribution in [0.25, 0.3) is 11.0 Å². The standard InChI is InChI=1S/C22H26N4O/c1-2-17-18-19(25-20(24-18)15-10-6-7-11-15)21-23-16(13-26(21)22(17)27)12-14-8-4-3-5-9-14/h3-5,8-9,15-16,23H,2,6-7,10-13H2,1H3,(H,24,25)/t16-/m1/s1. The van der Waals surface area contributed by atoms with Crippen LogP contribution in [0.2, 0.25) is 0 Å². The SMILES string of the molecule is CCc1c(=O)n2c(c3[nH]c(C4CCCC4)nc13)N[C@H](Cc1ccccc1)C2. The minimum absolute atomic E-state index is 0.118. The van der Waals surface area contributed by atoms with E-state index in [4.69, 9.17) is 4.98 Å². The van der Waals surface area contributed by atoms with E-state index >= 15 is 0 Å². The highest BCUT2D eigenvalue weighted by Crippen LogP contribution is 2.36. The molecule has 0 unspecified atom stereocenters. The molecule has 1 aromatic carbocycles. The molecule has 2 N–H and O–H groups in total. The van der Waals surface area contributed by atoms with Gasteiger partial charge < -0.3 is 10.3 Å². The van der Waals surface area contributed by atoms with Gasteiger partial charge in [-0.05, 0) is 31.2 Å². The van der Waals surface area contributed by atoms with Gasteiger partial charge in [-0.2, -0.15) is 0 Å². The van der Waals surface area contributed by atoms with E-state index in [-0.39, 0.29) is 11.6 Å². The number of benzene rings is 1. The number of rotatable bonds is 4. The average Bonchev–Trinajstić information content (AvgIpc) is 3.42. The predicted octanol–water partition coefficient (Wildman–Crippen LogP) is 3.98. The van der Waals surface area contributed by atoms with Crippen molar-refractivity contribution in [2.75, 3.05) is 5.32 Å². The highest BCUT2D eigenvalue weighted by atomic mass is 16.1. The molecule has 0 saturated heterocycles. The number of pyridine rings is 1. The Morgan fingerprint density at radius 2 is 1.96 bits per heavy atom. The Kier molecular flexibility index (Phi) is 4.03. The molecule has 3 heterocycles. The van der Waals surface area contributed by atoms with Crippen molar-refractivity contribution < 1.29 is 0 Å². The van der Waals surface area contributed by atoms with Crippen molar-refractivity contribution >= 4 is 16.9 Å².